The first-order valence-corrected chi connectivity index (χ1v) is 8.19. The van der Waals surface area contributed by atoms with Gasteiger partial charge < -0.3 is 14.4 Å². The number of nitro groups is 1. The molecule has 1 aromatic rings. The highest BCUT2D eigenvalue weighted by atomic mass is 16.6. The molecule has 0 aromatic heterocycles. The van der Waals surface area contributed by atoms with E-state index in [0.717, 1.165) is 18.4 Å². The Kier molecular flexibility index (Phi) is 5.66. The van der Waals surface area contributed by atoms with E-state index >= 15 is 0 Å². The smallest absolute Gasteiger partial charge is 0.410 e. The number of hydrogen-bond acceptors (Lipinski definition) is 5. The molecule has 7 heteroatoms. The fraction of sp³-hybridized carbons (Fsp3) is 0.500. The fourth-order valence-corrected chi connectivity index (χ4v) is 2.68. The van der Waals surface area contributed by atoms with Gasteiger partial charge in [0.2, 0.25) is 0 Å². The number of piperidine rings is 1. The van der Waals surface area contributed by atoms with Crippen LogP contribution in [0.25, 0.3) is 6.08 Å². The summed E-state index contributed by atoms with van der Waals surface area (Å²) >= 11 is 0. The first-order chi connectivity index (χ1) is 11.7. The van der Waals surface area contributed by atoms with Crippen LogP contribution in [0.4, 0.5) is 10.5 Å². The zero-order chi connectivity index (χ0) is 18.6. The van der Waals surface area contributed by atoms with Gasteiger partial charge in [-0.15, -0.1) is 0 Å². The maximum atomic E-state index is 12.2. The molecule has 25 heavy (non-hydrogen) atoms. The summed E-state index contributed by atoms with van der Waals surface area (Å²) in [5.41, 5.74) is 1.15. The Bertz CT molecular complexity index is 691. The van der Waals surface area contributed by atoms with Gasteiger partial charge in [0.1, 0.15) is 5.60 Å². The van der Waals surface area contributed by atoms with Gasteiger partial charge in [-0.3, -0.25) is 10.1 Å². The summed E-state index contributed by atoms with van der Waals surface area (Å²) in [6, 6.07) is 4.84. The molecule has 1 aliphatic rings. The van der Waals surface area contributed by atoms with Gasteiger partial charge in [0.25, 0.3) is 0 Å². The van der Waals surface area contributed by atoms with Crippen molar-refractivity contribution in [1.82, 2.24) is 4.90 Å². The SMILES string of the molecule is COc1ccc(/C=C2\CCCN(C(=O)OC(C)(C)C)C2)cc1[N+](=O)[O-]. The number of carbonyl (C=O) groups is 1. The Labute approximate surface area is 147 Å². The molecule has 0 unspecified atom stereocenters. The Morgan fingerprint density at radius 1 is 1.36 bits per heavy atom. The Hall–Kier alpha value is -2.57. The number of benzene rings is 1. The third-order valence-electron chi connectivity index (χ3n) is 3.74. The zero-order valence-corrected chi connectivity index (χ0v) is 15.1. The molecule has 1 fully saturated rings. The number of carbonyl (C=O) groups excluding carboxylic acids is 1. The molecule has 0 atom stereocenters. The lowest BCUT2D eigenvalue weighted by molar-refractivity contribution is -0.385. The maximum absolute atomic E-state index is 12.2. The minimum atomic E-state index is -0.533. The lowest BCUT2D eigenvalue weighted by Crippen LogP contribution is -2.40. The lowest BCUT2D eigenvalue weighted by atomic mass is 10.0. The molecule has 1 heterocycles. The van der Waals surface area contributed by atoms with E-state index in [4.69, 9.17) is 9.47 Å². The number of hydrogen-bond donors (Lipinski definition) is 0. The van der Waals surface area contributed by atoms with Crippen LogP contribution in [0.2, 0.25) is 0 Å². The van der Waals surface area contributed by atoms with Crippen molar-refractivity contribution in [2.75, 3.05) is 20.2 Å². The second-order valence-corrected chi connectivity index (χ2v) is 7.00. The lowest BCUT2D eigenvalue weighted by Gasteiger charge is -2.31. The van der Waals surface area contributed by atoms with E-state index in [0.29, 0.717) is 18.7 Å². The van der Waals surface area contributed by atoms with Crippen LogP contribution in [-0.4, -0.2) is 41.7 Å². The first-order valence-electron chi connectivity index (χ1n) is 8.19. The molecule has 1 aliphatic heterocycles. The zero-order valence-electron chi connectivity index (χ0n) is 15.1. The van der Waals surface area contributed by atoms with Crippen molar-refractivity contribution < 1.29 is 19.2 Å². The summed E-state index contributed by atoms with van der Waals surface area (Å²) < 4.78 is 10.4. The van der Waals surface area contributed by atoms with Crippen LogP contribution in [0.1, 0.15) is 39.2 Å². The monoisotopic (exact) mass is 348 g/mol. The van der Waals surface area contributed by atoms with E-state index in [1.807, 2.05) is 26.8 Å². The van der Waals surface area contributed by atoms with Crippen LogP contribution in [-0.2, 0) is 4.74 Å². The molecule has 0 radical (unpaired) electrons. The molecular formula is C18H24N2O5. The van der Waals surface area contributed by atoms with Crippen LogP contribution in [0, 0.1) is 10.1 Å². The average molecular weight is 348 g/mol. The van der Waals surface area contributed by atoms with Gasteiger partial charge in [-0.1, -0.05) is 17.7 Å². The maximum Gasteiger partial charge on any atom is 0.410 e. The highest BCUT2D eigenvalue weighted by Gasteiger charge is 2.25. The van der Waals surface area contributed by atoms with Crippen molar-refractivity contribution >= 4 is 17.9 Å². The molecule has 7 nitrogen and oxygen atoms in total. The quantitative estimate of drug-likeness (QED) is 0.609. The van der Waals surface area contributed by atoms with Crippen molar-refractivity contribution in [1.29, 1.82) is 0 Å². The van der Waals surface area contributed by atoms with Crippen LogP contribution in [0.15, 0.2) is 23.8 Å². The summed E-state index contributed by atoms with van der Waals surface area (Å²) in [6.45, 7) is 6.62. The van der Waals surface area contributed by atoms with E-state index in [2.05, 4.69) is 0 Å². The predicted molar refractivity (Wildman–Crippen MR) is 94.7 cm³/mol. The second-order valence-electron chi connectivity index (χ2n) is 7.00. The van der Waals surface area contributed by atoms with E-state index < -0.39 is 10.5 Å². The summed E-state index contributed by atoms with van der Waals surface area (Å²) in [6.07, 6.45) is 3.24. The van der Waals surface area contributed by atoms with Crippen LogP contribution in [0.3, 0.4) is 0 Å². The molecule has 1 amide bonds. The van der Waals surface area contributed by atoms with E-state index in [9.17, 15) is 14.9 Å². The van der Waals surface area contributed by atoms with Crippen molar-refractivity contribution in [3.05, 3.63) is 39.4 Å². The predicted octanol–water partition coefficient (Wildman–Crippen LogP) is 4.02. The molecule has 136 valence electrons. The number of rotatable bonds is 3. The largest absolute Gasteiger partial charge is 0.490 e. The topological polar surface area (TPSA) is 81.9 Å². The number of nitrogens with zero attached hydrogens (tertiary/aromatic N) is 2. The average Bonchev–Trinajstić information content (AvgIpc) is 2.53. The van der Waals surface area contributed by atoms with Gasteiger partial charge in [0, 0.05) is 19.2 Å². The molecular weight excluding hydrogens is 324 g/mol. The van der Waals surface area contributed by atoms with Crippen LogP contribution in [0.5, 0.6) is 5.75 Å². The standard InChI is InChI=1S/C18H24N2O5/c1-18(2,3)25-17(21)19-9-5-6-14(12-19)10-13-7-8-16(24-4)15(11-13)20(22)23/h7-8,10-11H,5-6,9,12H2,1-4H3/b14-10+. The third kappa shape index (κ3) is 5.20. The molecule has 0 aliphatic carbocycles. The van der Waals surface area contributed by atoms with E-state index in [1.54, 1.807) is 17.0 Å². The highest BCUT2D eigenvalue weighted by Crippen LogP contribution is 2.29. The summed E-state index contributed by atoms with van der Waals surface area (Å²) in [5, 5.41) is 11.1. The van der Waals surface area contributed by atoms with Gasteiger partial charge in [0.15, 0.2) is 5.75 Å². The van der Waals surface area contributed by atoms with E-state index in [1.165, 1.54) is 13.2 Å². The van der Waals surface area contributed by atoms with Crippen LogP contribution >= 0.6 is 0 Å². The molecule has 1 aromatic carbocycles. The number of nitro benzene ring substituents is 1. The number of likely N-dealkylation sites (tertiary alicyclic amines) is 1. The number of ether oxygens (including phenoxy) is 2. The normalized spacial score (nSPS) is 16.6. The van der Waals surface area contributed by atoms with Crippen molar-refractivity contribution in [3.63, 3.8) is 0 Å². The molecule has 0 saturated carbocycles. The summed E-state index contributed by atoms with van der Waals surface area (Å²) in [5.74, 6) is 0.228. The highest BCUT2D eigenvalue weighted by molar-refractivity contribution is 5.69. The molecule has 0 bridgehead atoms. The van der Waals surface area contributed by atoms with Gasteiger partial charge in [-0.25, -0.2) is 4.79 Å². The van der Waals surface area contributed by atoms with Crippen LogP contribution < -0.4 is 4.74 Å². The first kappa shape index (κ1) is 18.8. The van der Waals surface area contributed by atoms with Gasteiger partial charge >= 0.3 is 11.8 Å². The number of methoxy groups -OCH3 is 1. The molecule has 1 saturated heterocycles. The Balaban J connectivity index is 2.17. The van der Waals surface area contributed by atoms with Crippen molar-refractivity contribution in [2.24, 2.45) is 0 Å². The Morgan fingerprint density at radius 3 is 2.68 bits per heavy atom. The number of amides is 1. The third-order valence-corrected chi connectivity index (χ3v) is 3.74. The Morgan fingerprint density at radius 2 is 2.08 bits per heavy atom. The van der Waals surface area contributed by atoms with Crippen molar-refractivity contribution in [2.45, 2.75) is 39.2 Å². The summed E-state index contributed by atoms with van der Waals surface area (Å²) in [7, 11) is 1.40. The molecule has 0 N–H and O–H groups in total. The molecule has 2 rings (SSSR count). The molecule has 0 spiro atoms. The summed E-state index contributed by atoms with van der Waals surface area (Å²) in [4.78, 5) is 24.5. The van der Waals surface area contributed by atoms with E-state index in [-0.39, 0.29) is 17.5 Å². The van der Waals surface area contributed by atoms with Gasteiger partial charge in [0.05, 0.1) is 12.0 Å². The van der Waals surface area contributed by atoms with Crippen molar-refractivity contribution in [3.8, 4) is 5.75 Å². The minimum absolute atomic E-state index is 0.0725. The van der Waals surface area contributed by atoms with Gasteiger partial charge in [-0.2, -0.15) is 0 Å². The second kappa shape index (κ2) is 7.55. The van der Waals surface area contributed by atoms with Gasteiger partial charge in [-0.05, 0) is 45.2 Å². The minimum Gasteiger partial charge on any atom is -0.490 e. The fourth-order valence-electron chi connectivity index (χ4n) is 2.68.